The number of alkyl halides is 3. The van der Waals surface area contributed by atoms with Crippen molar-refractivity contribution in [3.05, 3.63) is 17.8 Å². The quantitative estimate of drug-likeness (QED) is 0.796. The van der Waals surface area contributed by atoms with Crippen molar-refractivity contribution in [3.63, 3.8) is 0 Å². The van der Waals surface area contributed by atoms with Crippen molar-refractivity contribution in [3.8, 4) is 5.75 Å². The van der Waals surface area contributed by atoms with Crippen LogP contribution >= 0.6 is 12.4 Å². The fraction of sp³-hybridized carbons (Fsp3) is 0.583. The van der Waals surface area contributed by atoms with Crippen molar-refractivity contribution in [2.24, 2.45) is 0 Å². The lowest BCUT2D eigenvalue weighted by Crippen LogP contribution is -2.51. The van der Waals surface area contributed by atoms with Gasteiger partial charge < -0.3 is 15.0 Å². The van der Waals surface area contributed by atoms with Gasteiger partial charge in [-0.15, -0.1) is 12.4 Å². The first-order valence-corrected chi connectivity index (χ1v) is 6.23. The number of anilines is 1. The van der Waals surface area contributed by atoms with E-state index in [1.807, 2.05) is 4.90 Å². The van der Waals surface area contributed by atoms with Gasteiger partial charge in [-0.25, -0.2) is 4.98 Å². The molecule has 1 aromatic heterocycles. The number of nitrogens with zero attached hydrogens (tertiary/aromatic N) is 2. The number of aromatic nitrogens is 1. The fourth-order valence-electron chi connectivity index (χ4n) is 2.52. The molecule has 3 heterocycles. The molecule has 2 aliphatic rings. The van der Waals surface area contributed by atoms with Gasteiger partial charge in [0.05, 0.1) is 12.2 Å². The lowest BCUT2D eigenvalue weighted by Gasteiger charge is -2.35. The average Bonchev–Trinajstić information content (AvgIpc) is 2.56. The lowest BCUT2D eigenvalue weighted by molar-refractivity contribution is -0.137. The molecule has 1 atom stereocenters. The molecule has 0 amide bonds. The third-order valence-corrected chi connectivity index (χ3v) is 3.49. The smallest absolute Gasteiger partial charge is 0.418 e. The topological polar surface area (TPSA) is 37.4 Å². The van der Waals surface area contributed by atoms with Gasteiger partial charge in [0.2, 0.25) is 0 Å². The molecule has 1 aromatic rings. The van der Waals surface area contributed by atoms with Gasteiger partial charge in [0, 0.05) is 38.3 Å². The highest BCUT2D eigenvalue weighted by Gasteiger charge is 2.34. The Morgan fingerprint density at radius 3 is 2.95 bits per heavy atom. The molecule has 1 fully saturated rings. The van der Waals surface area contributed by atoms with Crippen molar-refractivity contribution < 1.29 is 17.9 Å². The third kappa shape index (κ3) is 2.78. The Bertz CT molecular complexity index is 484. The Labute approximate surface area is 120 Å². The van der Waals surface area contributed by atoms with Crippen LogP contribution in [-0.2, 0) is 6.18 Å². The van der Waals surface area contributed by atoms with Gasteiger partial charge >= 0.3 is 6.18 Å². The first-order chi connectivity index (χ1) is 9.05. The molecule has 3 rings (SSSR count). The van der Waals surface area contributed by atoms with Crippen LogP contribution in [0.25, 0.3) is 0 Å². The number of rotatable bonds is 0. The maximum absolute atomic E-state index is 12.7. The Hall–Kier alpha value is -1.21. The Morgan fingerprint density at radius 1 is 1.40 bits per heavy atom. The van der Waals surface area contributed by atoms with Gasteiger partial charge in [-0.2, -0.15) is 13.2 Å². The lowest BCUT2D eigenvalue weighted by atomic mass is 10.1. The van der Waals surface area contributed by atoms with Gasteiger partial charge in [0.1, 0.15) is 0 Å². The highest BCUT2D eigenvalue weighted by atomic mass is 35.5. The van der Waals surface area contributed by atoms with Crippen molar-refractivity contribution in [2.75, 3.05) is 31.1 Å². The molecule has 1 unspecified atom stereocenters. The SMILES string of the molecule is Cl.FC(F)(F)c1cnc2c(c1)OCCC1CNCCN21. The average molecular weight is 310 g/mol. The monoisotopic (exact) mass is 309 g/mol. The summed E-state index contributed by atoms with van der Waals surface area (Å²) in [6.45, 7) is 2.77. The van der Waals surface area contributed by atoms with Crippen molar-refractivity contribution >= 4 is 18.2 Å². The summed E-state index contributed by atoms with van der Waals surface area (Å²) in [4.78, 5) is 6.02. The summed E-state index contributed by atoms with van der Waals surface area (Å²) in [6.07, 6.45) is -2.72. The number of hydrogen-bond acceptors (Lipinski definition) is 4. The van der Waals surface area contributed by atoms with Gasteiger partial charge in [-0.05, 0) is 6.07 Å². The molecule has 2 aliphatic heterocycles. The van der Waals surface area contributed by atoms with E-state index in [4.69, 9.17) is 4.74 Å². The predicted octanol–water partition coefficient (Wildman–Crippen LogP) is 2.08. The molecule has 112 valence electrons. The van der Waals surface area contributed by atoms with Crippen molar-refractivity contribution in [2.45, 2.75) is 18.6 Å². The Morgan fingerprint density at radius 2 is 2.20 bits per heavy atom. The number of hydrogen-bond donors (Lipinski definition) is 1. The summed E-state index contributed by atoms with van der Waals surface area (Å²) >= 11 is 0. The number of ether oxygens (including phenoxy) is 1. The Kier molecular flexibility index (Phi) is 4.29. The van der Waals surface area contributed by atoms with E-state index in [1.165, 1.54) is 0 Å². The van der Waals surface area contributed by atoms with Crippen LogP contribution in [0.15, 0.2) is 12.3 Å². The number of pyridine rings is 1. The van der Waals surface area contributed by atoms with Gasteiger partial charge in [-0.3, -0.25) is 0 Å². The predicted molar refractivity (Wildman–Crippen MR) is 70.6 cm³/mol. The molecule has 8 heteroatoms. The first-order valence-electron chi connectivity index (χ1n) is 6.23. The summed E-state index contributed by atoms with van der Waals surface area (Å²) in [7, 11) is 0. The van der Waals surface area contributed by atoms with Gasteiger partial charge in [0.25, 0.3) is 0 Å². The van der Waals surface area contributed by atoms with Crippen LogP contribution in [-0.4, -0.2) is 37.3 Å². The molecule has 0 spiro atoms. The number of fused-ring (bicyclic) bond motifs is 3. The summed E-state index contributed by atoms with van der Waals surface area (Å²) in [5, 5.41) is 3.27. The van der Waals surface area contributed by atoms with E-state index in [9.17, 15) is 13.2 Å². The summed E-state index contributed by atoms with van der Waals surface area (Å²) in [5.41, 5.74) is -0.764. The minimum atomic E-state index is -4.39. The minimum absolute atomic E-state index is 0. The zero-order valence-corrected chi connectivity index (χ0v) is 11.4. The molecule has 0 radical (unpaired) electrons. The van der Waals surface area contributed by atoms with E-state index in [0.717, 1.165) is 38.3 Å². The maximum atomic E-state index is 12.7. The summed E-state index contributed by atoms with van der Waals surface area (Å²) in [5.74, 6) is 0.760. The molecule has 0 bridgehead atoms. The third-order valence-electron chi connectivity index (χ3n) is 3.49. The van der Waals surface area contributed by atoms with Crippen LogP contribution in [0.5, 0.6) is 5.75 Å². The first kappa shape index (κ1) is 15.2. The van der Waals surface area contributed by atoms with Crippen molar-refractivity contribution in [1.29, 1.82) is 0 Å². The van der Waals surface area contributed by atoms with E-state index >= 15 is 0 Å². The summed E-state index contributed by atoms with van der Waals surface area (Å²) in [6, 6.07) is 1.28. The molecule has 1 saturated heterocycles. The molecule has 1 N–H and O–H groups in total. The molecular weight excluding hydrogens is 295 g/mol. The van der Waals surface area contributed by atoms with E-state index in [-0.39, 0.29) is 24.2 Å². The number of halogens is 4. The van der Waals surface area contributed by atoms with E-state index in [0.29, 0.717) is 12.4 Å². The zero-order valence-electron chi connectivity index (χ0n) is 10.6. The van der Waals surface area contributed by atoms with Crippen LogP contribution in [0.1, 0.15) is 12.0 Å². The highest BCUT2D eigenvalue weighted by molar-refractivity contribution is 5.85. The molecule has 0 aliphatic carbocycles. The molecule has 4 nitrogen and oxygen atoms in total. The number of nitrogens with one attached hydrogen (secondary N) is 1. The van der Waals surface area contributed by atoms with Crippen LogP contribution in [0.3, 0.4) is 0 Å². The van der Waals surface area contributed by atoms with E-state index in [1.54, 1.807) is 0 Å². The van der Waals surface area contributed by atoms with Crippen LogP contribution in [0.2, 0.25) is 0 Å². The van der Waals surface area contributed by atoms with E-state index < -0.39 is 11.7 Å². The zero-order chi connectivity index (χ0) is 13.5. The fourth-order valence-corrected chi connectivity index (χ4v) is 2.52. The largest absolute Gasteiger partial charge is 0.490 e. The molecule has 0 saturated carbocycles. The second kappa shape index (κ2) is 5.65. The second-order valence-corrected chi connectivity index (χ2v) is 4.73. The van der Waals surface area contributed by atoms with Crippen LogP contribution in [0, 0.1) is 0 Å². The second-order valence-electron chi connectivity index (χ2n) is 4.73. The van der Waals surface area contributed by atoms with Crippen LogP contribution < -0.4 is 15.0 Å². The van der Waals surface area contributed by atoms with Crippen LogP contribution in [0.4, 0.5) is 19.0 Å². The van der Waals surface area contributed by atoms with E-state index in [2.05, 4.69) is 10.3 Å². The normalized spacial score (nSPS) is 21.9. The van der Waals surface area contributed by atoms with Gasteiger partial charge in [0.15, 0.2) is 11.6 Å². The molecule has 20 heavy (non-hydrogen) atoms. The minimum Gasteiger partial charge on any atom is -0.490 e. The number of piperazine rings is 1. The highest BCUT2D eigenvalue weighted by Crippen LogP contribution is 2.37. The van der Waals surface area contributed by atoms with Crippen molar-refractivity contribution in [1.82, 2.24) is 10.3 Å². The Balaban J connectivity index is 0.00000147. The molecular formula is C12H15ClF3N3O. The standard InChI is InChI=1S/C12H14F3N3O.ClH/c13-12(14,15)8-5-10-11(17-6-8)18-3-2-16-7-9(18)1-4-19-10;/h5-6,9,16H,1-4,7H2;1H. The molecule has 0 aromatic carbocycles. The maximum Gasteiger partial charge on any atom is 0.418 e. The van der Waals surface area contributed by atoms with Gasteiger partial charge in [-0.1, -0.05) is 0 Å². The summed E-state index contributed by atoms with van der Waals surface area (Å²) < 4.78 is 43.5.